The van der Waals surface area contributed by atoms with Gasteiger partial charge in [0.2, 0.25) is 0 Å². The highest BCUT2D eigenvalue weighted by atomic mass is 31.2. The fourth-order valence-electron chi connectivity index (χ4n) is 2.91. The maximum Gasteiger partial charge on any atom is 0.348 e. The van der Waals surface area contributed by atoms with Gasteiger partial charge in [-0.25, -0.2) is 4.79 Å². The topological polar surface area (TPSA) is 162 Å². The summed E-state index contributed by atoms with van der Waals surface area (Å²) in [5.74, 6) is 0.543. The van der Waals surface area contributed by atoms with Crippen LogP contribution in [-0.2, 0) is 9.30 Å². The van der Waals surface area contributed by atoms with Crippen molar-refractivity contribution < 1.29 is 29.3 Å². The van der Waals surface area contributed by atoms with Crippen LogP contribution in [0.4, 0.5) is 0 Å². The van der Waals surface area contributed by atoms with Gasteiger partial charge in [0.1, 0.15) is 18.3 Å². The van der Waals surface area contributed by atoms with Gasteiger partial charge in [-0.05, 0) is 17.7 Å². The number of H-pyrrole nitrogens is 1. The first-order valence-corrected chi connectivity index (χ1v) is 10.2. The normalized spacial score (nSPS) is 25.2. The molecule has 29 heavy (non-hydrogen) atoms. The van der Waals surface area contributed by atoms with Gasteiger partial charge in [-0.3, -0.25) is 18.9 Å². The van der Waals surface area contributed by atoms with E-state index in [1.165, 1.54) is 6.08 Å². The minimum absolute atomic E-state index is 0.110. The van der Waals surface area contributed by atoms with Crippen molar-refractivity contribution in [3.05, 3.63) is 80.4 Å². The van der Waals surface area contributed by atoms with Crippen LogP contribution in [0.1, 0.15) is 17.5 Å². The summed E-state index contributed by atoms with van der Waals surface area (Å²) in [6.07, 6.45) is -1.75. The first-order valence-electron chi connectivity index (χ1n) is 8.51. The molecule has 2 aromatic rings. The third-order valence-electron chi connectivity index (χ3n) is 4.25. The molecule has 0 unspecified atom stereocenters. The largest absolute Gasteiger partial charge is 0.387 e. The lowest BCUT2D eigenvalue weighted by Crippen LogP contribution is -2.39. The number of nitrogens with zero attached hydrogens (tertiary/aromatic N) is 1. The molecule has 1 aliphatic rings. The van der Waals surface area contributed by atoms with E-state index in [0.29, 0.717) is 5.82 Å². The molecule has 4 atom stereocenters. The summed E-state index contributed by atoms with van der Waals surface area (Å²) < 4.78 is 17.4. The number of ether oxygens (including phenoxy) is 1. The summed E-state index contributed by atoms with van der Waals surface area (Å²) >= 11 is 0. The number of hydrogen-bond donors (Lipinski definition) is 5. The summed E-state index contributed by atoms with van der Waals surface area (Å²) in [5, 5.41) is 20.5. The Morgan fingerprint density at radius 1 is 1.07 bits per heavy atom. The predicted molar refractivity (Wildman–Crippen MR) is 104 cm³/mol. The van der Waals surface area contributed by atoms with Crippen LogP contribution in [0.15, 0.2) is 57.9 Å². The van der Waals surface area contributed by atoms with E-state index in [2.05, 4.69) is 4.98 Å². The first kappa shape index (κ1) is 21.1. The number of aliphatic hydroxyl groups is 2. The lowest BCUT2D eigenvalue weighted by molar-refractivity contribution is -0.0300. The van der Waals surface area contributed by atoms with Crippen LogP contribution in [0.2, 0.25) is 0 Å². The maximum absolute atomic E-state index is 12.4. The van der Waals surface area contributed by atoms with E-state index < -0.39 is 43.4 Å². The molecule has 1 fully saturated rings. The molecule has 11 heteroatoms. The second kappa shape index (κ2) is 8.42. The van der Waals surface area contributed by atoms with E-state index in [9.17, 15) is 24.4 Å². The third kappa shape index (κ3) is 5.07. The Balaban J connectivity index is 1.99. The van der Waals surface area contributed by atoms with Gasteiger partial charge in [0.05, 0.1) is 5.69 Å². The molecule has 1 aliphatic heterocycles. The van der Waals surface area contributed by atoms with Crippen molar-refractivity contribution in [1.82, 2.24) is 9.55 Å². The zero-order chi connectivity index (χ0) is 21.2. The minimum atomic E-state index is -4.51. The molecule has 154 valence electrons. The molecular weight excluding hydrogens is 403 g/mol. The molecule has 1 aromatic carbocycles. The van der Waals surface area contributed by atoms with Gasteiger partial charge in [-0.15, -0.1) is 0 Å². The Morgan fingerprint density at radius 2 is 1.76 bits per heavy atom. The highest BCUT2D eigenvalue weighted by molar-refractivity contribution is 7.55. The van der Waals surface area contributed by atoms with Gasteiger partial charge in [-0.2, -0.15) is 0 Å². The van der Waals surface area contributed by atoms with Crippen LogP contribution in [-0.4, -0.2) is 47.9 Å². The SMILES string of the molecule is O=c1cc(/C=C/c2ccccc2)n([C@@H]2O[C@H](/C=C/P(=O)(O)O)[C@@H](O)[C@H]2O)c(=O)[nH]1. The Kier molecular flexibility index (Phi) is 6.13. The fraction of sp³-hybridized carbons (Fsp3) is 0.222. The zero-order valence-corrected chi connectivity index (χ0v) is 15.8. The smallest absolute Gasteiger partial charge is 0.348 e. The highest BCUT2D eigenvalue weighted by Crippen LogP contribution is 2.38. The van der Waals surface area contributed by atoms with Crippen LogP contribution in [0.3, 0.4) is 0 Å². The van der Waals surface area contributed by atoms with Crippen LogP contribution >= 0.6 is 7.60 Å². The molecule has 0 bridgehead atoms. The lowest BCUT2D eigenvalue weighted by atomic mass is 10.1. The van der Waals surface area contributed by atoms with Gasteiger partial charge in [0, 0.05) is 11.9 Å². The lowest BCUT2D eigenvalue weighted by Gasteiger charge is -2.19. The Labute approximate surface area is 164 Å². The number of nitrogens with one attached hydrogen (secondary N) is 1. The Hall–Kier alpha value is -2.59. The minimum Gasteiger partial charge on any atom is -0.387 e. The number of aromatic amines is 1. The molecule has 0 spiro atoms. The molecule has 0 saturated carbocycles. The quantitative estimate of drug-likeness (QED) is 0.421. The summed E-state index contributed by atoms with van der Waals surface area (Å²) in [4.78, 5) is 44.1. The third-order valence-corrected chi connectivity index (χ3v) is 4.81. The maximum atomic E-state index is 12.4. The molecule has 5 N–H and O–H groups in total. The van der Waals surface area contributed by atoms with Crippen molar-refractivity contribution in [1.29, 1.82) is 0 Å². The van der Waals surface area contributed by atoms with Crippen molar-refractivity contribution in [2.24, 2.45) is 0 Å². The molecule has 1 aromatic heterocycles. The second-order valence-electron chi connectivity index (χ2n) is 6.38. The van der Waals surface area contributed by atoms with Crippen LogP contribution < -0.4 is 11.2 Å². The first-order chi connectivity index (χ1) is 13.7. The summed E-state index contributed by atoms with van der Waals surface area (Å²) in [6, 6.07) is 10.2. The van der Waals surface area contributed by atoms with E-state index in [0.717, 1.165) is 22.3 Å². The number of rotatable bonds is 5. The monoisotopic (exact) mass is 422 g/mol. The van der Waals surface area contributed by atoms with Crippen LogP contribution in [0, 0.1) is 0 Å². The number of benzene rings is 1. The van der Waals surface area contributed by atoms with Crippen molar-refractivity contribution in [2.45, 2.75) is 24.5 Å². The van der Waals surface area contributed by atoms with E-state index in [1.807, 2.05) is 18.2 Å². The fourth-order valence-corrected chi connectivity index (χ4v) is 3.31. The van der Waals surface area contributed by atoms with Crippen LogP contribution in [0.5, 0.6) is 0 Å². The zero-order valence-electron chi connectivity index (χ0n) is 14.9. The number of hydrogen-bond acceptors (Lipinski definition) is 6. The molecule has 0 aliphatic carbocycles. The molecule has 0 amide bonds. The van der Waals surface area contributed by atoms with Crippen molar-refractivity contribution in [2.75, 3.05) is 0 Å². The second-order valence-corrected chi connectivity index (χ2v) is 7.86. The molecular formula is C18H19N2O8P. The number of aromatic nitrogens is 2. The Morgan fingerprint density at radius 3 is 2.41 bits per heavy atom. The van der Waals surface area contributed by atoms with Crippen LogP contribution in [0.25, 0.3) is 12.2 Å². The van der Waals surface area contributed by atoms with Gasteiger partial charge in [0.25, 0.3) is 5.56 Å². The number of aliphatic hydroxyl groups excluding tert-OH is 2. The summed E-state index contributed by atoms with van der Waals surface area (Å²) in [7, 11) is -4.51. The van der Waals surface area contributed by atoms with Gasteiger partial charge >= 0.3 is 13.3 Å². The predicted octanol–water partition coefficient (Wildman–Crippen LogP) is 0.0176. The molecule has 1 saturated heterocycles. The molecule has 10 nitrogen and oxygen atoms in total. The molecule has 2 heterocycles. The van der Waals surface area contributed by atoms with Gasteiger partial charge in [-0.1, -0.05) is 36.4 Å². The van der Waals surface area contributed by atoms with Gasteiger partial charge < -0.3 is 24.7 Å². The van der Waals surface area contributed by atoms with E-state index in [4.69, 9.17) is 14.5 Å². The van der Waals surface area contributed by atoms with Crippen molar-refractivity contribution >= 4 is 19.7 Å². The molecule has 3 rings (SSSR count). The van der Waals surface area contributed by atoms with Crippen molar-refractivity contribution in [3.63, 3.8) is 0 Å². The average Bonchev–Trinajstić information content (AvgIpc) is 2.93. The van der Waals surface area contributed by atoms with E-state index in [-0.39, 0.29) is 5.69 Å². The summed E-state index contributed by atoms with van der Waals surface area (Å²) in [5.41, 5.74) is -0.633. The standard InChI is InChI=1S/C18H19N2O8P/c21-14-10-12(7-6-11-4-2-1-3-5-11)20(18(24)19-14)17-16(23)15(22)13(28-17)8-9-29(25,26)27/h1-10,13,15-17,22-23H,(H,19,21,24)(H2,25,26,27)/b7-6+,9-8+/t13-,15-,16-,17-/m1/s1. The Bertz CT molecular complexity index is 1090. The van der Waals surface area contributed by atoms with Crippen molar-refractivity contribution in [3.8, 4) is 0 Å². The average molecular weight is 422 g/mol. The summed E-state index contributed by atoms with van der Waals surface area (Å²) in [6.45, 7) is 0. The highest BCUT2D eigenvalue weighted by Gasteiger charge is 2.43. The van der Waals surface area contributed by atoms with E-state index in [1.54, 1.807) is 18.2 Å². The van der Waals surface area contributed by atoms with E-state index >= 15 is 0 Å². The van der Waals surface area contributed by atoms with Gasteiger partial charge in [0.15, 0.2) is 6.23 Å². The molecule has 0 radical (unpaired) electrons.